The molecule has 0 N–H and O–H groups in total. The number of aromatic nitrogens is 3. The van der Waals surface area contributed by atoms with Crippen molar-refractivity contribution in [2.45, 2.75) is 46.3 Å². The Labute approximate surface area is 215 Å². The number of nitrogens with zero attached hydrogens (tertiary/aromatic N) is 5. The molecule has 1 atom stereocenters. The van der Waals surface area contributed by atoms with Crippen molar-refractivity contribution in [3.8, 4) is 11.1 Å². The molecule has 9 heteroatoms. The van der Waals surface area contributed by atoms with Crippen molar-refractivity contribution in [2.24, 2.45) is 12.0 Å². The summed E-state index contributed by atoms with van der Waals surface area (Å²) in [5, 5.41) is 4.58. The minimum absolute atomic E-state index is 0.222. The number of morpholine rings is 1. The first-order valence-corrected chi connectivity index (χ1v) is 12.1. The fourth-order valence-corrected chi connectivity index (χ4v) is 4.46. The normalized spacial score (nSPS) is 17.8. The van der Waals surface area contributed by atoms with Gasteiger partial charge in [0.1, 0.15) is 17.4 Å². The van der Waals surface area contributed by atoms with E-state index in [1.165, 1.54) is 10.6 Å². The molecule has 1 saturated heterocycles. The SMILES string of the molecule is CC(C)=C(C)N=c1c(-c2ccc(Cl)cc2F)cc(N2CC(c3cnn(C)c3)OC(C)(C)C2)cn1C=O. The van der Waals surface area contributed by atoms with E-state index in [0.717, 1.165) is 22.5 Å². The lowest BCUT2D eigenvalue weighted by molar-refractivity contribution is -0.0855. The zero-order chi connectivity index (χ0) is 26.2. The van der Waals surface area contributed by atoms with E-state index in [1.54, 1.807) is 29.2 Å². The second kappa shape index (κ2) is 10.0. The van der Waals surface area contributed by atoms with Gasteiger partial charge in [0.15, 0.2) is 0 Å². The van der Waals surface area contributed by atoms with E-state index in [1.807, 2.05) is 53.9 Å². The number of rotatable bonds is 5. The lowest BCUT2D eigenvalue weighted by atomic mass is 10.0. The minimum Gasteiger partial charge on any atom is -0.364 e. The van der Waals surface area contributed by atoms with Crippen LogP contribution in [0.5, 0.6) is 0 Å². The Kier molecular flexibility index (Phi) is 7.20. The highest BCUT2D eigenvalue weighted by atomic mass is 35.5. The molecule has 0 amide bonds. The van der Waals surface area contributed by atoms with E-state index in [0.29, 0.717) is 41.1 Å². The maximum absolute atomic E-state index is 15.2. The molecule has 1 aromatic carbocycles. The first-order chi connectivity index (χ1) is 17.0. The zero-order valence-corrected chi connectivity index (χ0v) is 22.2. The lowest BCUT2D eigenvalue weighted by Gasteiger charge is -2.43. The van der Waals surface area contributed by atoms with Crippen LogP contribution in [0.3, 0.4) is 0 Å². The average Bonchev–Trinajstić information content (AvgIpc) is 3.24. The van der Waals surface area contributed by atoms with Gasteiger partial charge in [-0.15, -0.1) is 0 Å². The molecule has 0 spiro atoms. The van der Waals surface area contributed by atoms with Gasteiger partial charge in [-0.1, -0.05) is 17.2 Å². The predicted octanol–water partition coefficient (Wildman–Crippen LogP) is 5.29. The summed E-state index contributed by atoms with van der Waals surface area (Å²) in [4.78, 5) is 19.1. The van der Waals surface area contributed by atoms with Gasteiger partial charge in [-0.05, 0) is 58.9 Å². The third kappa shape index (κ3) is 5.44. The Hall–Kier alpha value is -3.23. The van der Waals surface area contributed by atoms with E-state index >= 15 is 4.39 Å². The highest BCUT2D eigenvalue weighted by Gasteiger charge is 2.35. The summed E-state index contributed by atoms with van der Waals surface area (Å²) >= 11 is 6.03. The van der Waals surface area contributed by atoms with Crippen LogP contribution < -0.4 is 10.4 Å². The Morgan fingerprint density at radius 3 is 2.58 bits per heavy atom. The summed E-state index contributed by atoms with van der Waals surface area (Å²) in [6.45, 7) is 10.9. The maximum atomic E-state index is 15.2. The third-order valence-corrected chi connectivity index (χ3v) is 6.50. The van der Waals surface area contributed by atoms with Crippen molar-refractivity contribution < 1.29 is 13.9 Å². The van der Waals surface area contributed by atoms with E-state index in [9.17, 15) is 4.79 Å². The van der Waals surface area contributed by atoms with Gasteiger partial charge >= 0.3 is 0 Å². The number of hydrogen-bond acceptors (Lipinski definition) is 5. The summed E-state index contributed by atoms with van der Waals surface area (Å²) in [5.41, 5.74) is 4.15. The standard InChI is InChI=1S/C27H31ClFN5O2/c1-17(2)18(3)31-26-23(22-8-7-20(28)9-24(22)29)10-21(13-34(26)16-35)33-14-25(36-27(4,5)15-33)19-11-30-32(6)12-19/h7-13,16,25H,14-15H2,1-6H3. The molecule has 0 bridgehead atoms. The van der Waals surface area contributed by atoms with Gasteiger partial charge in [0.05, 0.1) is 17.5 Å². The smallest absolute Gasteiger partial charge is 0.219 e. The number of pyridine rings is 1. The number of benzene rings is 1. The summed E-state index contributed by atoms with van der Waals surface area (Å²) in [7, 11) is 1.87. The zero-order valence-electron chi connectivity index (χ0n) is 21.4. The molecule has 3 aromatic rings. The van der Waals surface area contributed by atoms with Crippen LogP contribution in [0.4, 0.5) is 10.1 Å². The Morgan fingerprint density at radius 2 is 1.97 bits per heavy atom. The number of anilines is 1. The number of ether oxygens (including phenoxy) is 1. The molecule has 1 aliphatic rings. The maximum Gasteiger partial charge on any atom is 0.219 e. The highest BCUT2D eigenvalue weighted by molar-refractivity contribution is 6.30. The quantitative estimate of drug-likeness (QED) is 0.436. The number of carbonyl (C=O) groups is 1. The fourth-order valence-electron chi connectivity index (χ4n) is 4.30. The first kappa shape index (κ1) is 25.9. The van der Waals surface area contributed by atoms with Crippen LogP contribution in [0.1, 0.15) is 46.3 Å². The number of allylic oxidation sites excluding steroid dienone is 2. The summed E-state index contributed by atoms with van der Waals surface area (Å²) in [6, 6.07) is 6.39. The molecule has 1 aliphatic heterocycles. The topological polar surface area (TPSA) is 64.7 Å². The molecule has 2 aromatic heterocycles. The Bertz CT molecular complexity index is 1400. The third-order valence-electron chi connectivity index (χ3n) is 6.26. The van der Waals surface area contributed by atoms with Crippen molar-refractivity contribution in [2.75, 3.05) is 18.0 Å². The lowest BCUT2D eigenvalue weighted by Crippen LogP contribution is -2.50. The Balaban J connectivity index is 1.91. The molecule has 3 heterocycles. The van der Waals surface area contributed by atoms with E-state index in [2.05, 4.69) is 10.00 Å². The van der Waals surface area contributed by atoms with Gasteiger partial charge in [-0.25, -0.2) is 9.38 Å². The number of aryl methyl sites for hydroxylation is 1. The molecule has 36 heavy (non-hydrogen) atoms. The number of carbonyl (C=O) groups excluding carboxylic acids is 1. The second-order valence-corrected chi connectivity index (χ2v) is 10.4. The van der Waals surface area contributed by atoms with Crippen LogP contribution in [0.25, 0.3) is 11.1 Å². The van der Waals surface area contributed by atoms with Crippen LogP contribution in [0.2, 0.25) is 5.02 Å². The molecule has 0 saturated carbocycles. The molecular formula is C27H31ClFN5O2. The fraction of sp³-hybridized carbons (Fsp3) is 0.370. The van der Waals surface area contributed by atoms with E-state index < -0.39 is 11.4 Å². The average molecular weight is 512 g/mol. The van der Waals surface area contributed by atoms with Crippen LogP contribution in [-0.4, -0.2) is 39.4 Å². The second-order valence-electron chi connectivity index (χ2n) is 9.96. The van der Waals surface area contributed by atoms with Crippen molar-refractivity contribution >= 4 is 23.7 Å². The van der Waals surface area contributed by atoms with Gasteiger partial charge < -0.3 is 9.64 Å². The van der Waals surface area contributed by atoms with Crippen molar-refractivity contribution in [1.29, 1.82) is 0 Å². The number of halogens is 2. The van der Waals surface area contributed by atoms with Gasteiger partial charge in [-0.3, -0.25) is 14.0 Å². The minimum atomic E-state index is -0.487. The molecule has 4 rings (SSSR count). The van der Waals surface area contributed by atoms with Gasteiger partial charge in [0, 0.05) is 59.9 Å². The van der Waals surface area contributed by atoms with Crippen molar-refractivity contribution in [3.63, 3.8) is 0 Å². The Morgan fingerprint density at radius 1 is 1.22 bits per heavy atom. The molecular weight excluding hydrogens is 481 g/mol. The largest absolute Gasteiger partial charge is 0.364 e. The molecule has 190 valence electrons. The van der Waals surface area contributed by atoms with E-state index in [4.69, 9.17) is 21.3 Å². The molecule has 0 aliphatic carbocycles. The van der Waals surface area contributed by atoms with Crippen LogP contribution in [-0.2, 0) is 16.6 Å². The summed E-state index contributed by atoms with van der Waals surface area (Å²) in [5.74, 6) is -0.487. The summed E-state index contributed by atoms with van der Waals surface area (Å²) in [6.07, 6.45) is 5.95. The number of hydrogen-bond donors (Lipinski definition) is 0. The predicted molar refractivity (Wildman–Crippen MR) is 140 cm³/mol. The van der Waals surface area contributed by atoms with Crippen LogP contribution >= 0.6 is 11.6 Å². The van der Waals surface area contributed by atoms with E-state index in [-0.39, 0.29) is 6.10 Å². The van der Waals surface area contributed by atoms with Crippen LogP contribution in [0.15, 0.2) is 59.1 Å². The monoisotopic (exact) mass is 511 g/mol. The van der Waals surface area contributed by atoms with Crippen LogP contribution in [0, 0.1) is 5.82 Å². The van der Waals surface area contributed by atoms with Crippen molar-refractivity contribution in [1.82, 2.24) is 14.3 Å². The summed E-state index contributed by atoms with van der Waals surface area (Å²) < 4.78 is 24.7. The van der Waals surface area contributed by atoms with Gasteiger partial charge in [0.2, 0.25) is 6.41 Å². The first-order valence-electron chi connectivity index (χ1n) is 11.7. The molecule has 1 fully saturated rings. The van der Waals surface area contributed by atoms with Gasteiger partial charge in [0.25, 0.3) is 0 Å². The van der Waals surface area contributed by atoms with Gasteiger partial charge in [-0.2, -0.15) is 5.10 Å². The highest BCUT2D eigenvalue weighted by Crippen LogP contribution is 2.34. The van der Waals surface area contributed by atoms with Crippen molar-refractivity contribution in [3.05, 3.63) is 76.0 Å². The molecule has 1 unspecified atom stereocenters. The molecule has 7 nitrogen and oxygen atoms in total. The molecule has 0 radical (unpaired) electrons.